The van der Waals surface area contributed by atoms with E-state index < -0.39 is 11.9 Å². The number of nitrogens with zero attached hydrogens (tertiary/aromatic N) is 1. The number of aromatic nitrogens is 1. The van der Waals surface area contributed by atoms with Gasteiger partial charge in [0.1, 0.15) is 17.2 Å². The molecule has 1 aromatic heterocycles. The van der Waals surface area contributed by atoms with Gasteiger partial charge in [0.15, 0.2) is 17.3 Å². The van der Waals surface area contributed by atoms with Crippen LogP contribution >= 0.6 is 0 Å². The third-order valence-electron chi connectivity index (χ3n) is 7.75. The second-order valence-electron chi connectivity index (χ2n) is 10.9. The molecule has 1 unspecified atom stereocenters. The molecule has 6 rings (SSSR count). The lowest BCUT2D eigenvalue weighted by Gasteiger charge is -2.27. The molecule has 9 heteroatoms. The van der Waals surface area contributed by atoms with Gasteiger partial charge in [0, 0.05) is 34.5 Å². The van der Waals surface area contributed by atoms with Crippen LogP contribution in [0.4, 0.5) is 0 Å². The molecule has 0 fully saturated rings. The van der Waals surface area contributed by atoms with Crippen molar-refractivity contribution in [1.82, 2.24) is 4.57 Å². The Balaban J connectivity index is 1.53. The molecule has 2 aliphatic heterocycles. The Bertz CT molecular complexity index is 1880. The third-order valence-corrected chi connectivity index (χ3v) is 7.75. The van der Waals surface area contributed by atoms with E-state index in [9.17, 15) is 14.4 Å². The van der Waals surface area contributed by atoms with Crippen LogP contribution in [0.15, 0.2) is 65.2 Å². The quantitative estimate of drug-likeness (QED) is 0.155. The molecule has 2 aliphatic rings. The Hall–Kier alpha value is -5.05. The highest BCUT2D eigenvalue weighted by atomic mass is 16.5. The Morgan fingerprint density at radius 2 is 1.77 bits per heavy atom. The van der Waals surface area contributed by atoms with Gasteiger partial charge < -0.3 is 28.3 Å². The van der Waals surface area contributed by atoms with E-state index in [4.69, 9.17) is 23.7 Å². The van der Waals surface area contributed by atoms with Gasteiger partial charge in [-0.1, -0.05) is 26.0 Å². The van der Waals surface area contributed by atoms with Crippen molar-refractivity contribution in [2.24, 2.45) is 5.92 Å². The first-order chi connectivity index (χ1) is 20.7. The normalized spacial score (nSPS) is 16.6. The van der Waals surface area contributed by atoms with Gasteiger partial charge in [-0.25, -0.2) is 0 Å². The van der Waals surface area contributed by atoms with Crippen molar-refractivity contribution < 1.29 is 33.3 Å². The Kier molecular flexibility index (Phi) is 7.17. The van der Waals surface area contributed by atoms with E-state index in [1.807, 2.05) is 32.0 Å². The first-order valence-electron chi connectivity index (χ1n) is 14.0. The minimum absolute atomic E-state index is 0.0751. The molecule has 3 heterocycles. The molecule has 0 aliphatic carbocycles. The van der Waals surface area contributed by atoms with E-state index >= 15 is 0 Å². The Morgan fingerprint density at radius 3 is 2.49 bits per heavy atom. The highest BCUT2D eigenvalue weighted by Gasteiger charge is 2.40. The van der Waals surface area contributed by atoms with Crippen LogP contribution in [0.2, 0.25) is 0 Å². The van der Waals surface area contributed by atoms with Gasteiger partial charge in [-0.05, 0) is 54.5 Å². The zero-order valence-corrected chi connectivity index (χ0v) is 24.6. The summed E-state index contributed by atoms with van der Waals surface area (Å²) in [5.74, 6) is 0.894. The maximum Gasteiger partial charge on any atom is 0.312 e. The first kappa shape index (κ1) is 28.1. The molecular weight excluding hydrogens is 550 g/mol. The topological polar surface area (TPSA) is 102 Å². The number of carbonyl (C=O) groups excluding carboxylic acids is 2. The number of pyridine rings is 1. The summed E-state index contributed by atoms with van der Waals surface area (Å²) in [4.78, 5) is 40.6. The van der Waals surface area contributed by atoms with E-state index in [0.717, 1.165) is 10.9 Å². The number of para-hydroxylation sites is 1. The fraction of sp³-hybridized carbons (Fsp3) is 0.265. The van der Waals surface area contributed by atoms with Gasteiger partial charge >= 0.3 is 5.97 Å². The van der Waals surface area contributed by atoms with Gasteiger partial charge in [0.25, 0.3) is 5.56 Å². The van der Waals surface area contributed by atoms with Gasteiger partial charge in [0.05, 0.1) is 38.8 Å². The van der Waals surface area contributed by atoms with Crippen LogP contribution in [0.1, 0.15) is 53.2 Å². The van der Waals surface area contributed by atoms with Crippen LogP contribution < -0.4 is 29.2 Å². The monoisotopic (exact) mass is 581 g/mol. The van der Waals surface area contributed by atoms with Crippen LogP contribution in [-0.4, -0.2) is 37.6 Å². The minimum atomic E-state index is -0.703. The number of hydrogen-bond acceptors (Lipinski definition) is 8. The number of ketones is 1. The number of rotatable bonds is 7. The second-order valence-corrected chi connectivity index (χ2v) is 10.9. The summed E-state index contributed by atoms with van der Waals surface area (Å²) in [6, 6.07) is 15.9. The lowest BCUT2D eigenvalue weighted by Crippen LogP contribution is -2.31. The van der Waals surface area contributed by atoms with Crippen molar-refractivity contribution in [1.29, 1.82) is 0 Å². The lowest BCUT2D eigenvalue weighted by atomic mass is 9.84. The van der Waals surface area contributed by atoms with Gasteiger partial charge in [-0.3, -0.25) is 14.4 Å². The predicted octanol–water partition coefficient (Wildman–Crippen LogP) is 5.74. The number of ether oxygens (including phenoxy) is 5. The van der Waals surface area contributed by atoms with Crippen LogP contribution in [0.25, 0.3) is 17.0 Å². The molecular formula is C34H31NO8. The molecule has 9 nitrogen and oxygen atoms in total. The molecule has 0 spiro atoms. The lowest BCUT2D eigenvalue weighted by molar-refractivity contribution is -0.135. The summed E-state index contributed by atoms with van der Waals surface area (Å²) in [5, 5.41) is 0.797. The largest absolute Gasteiger partial charge is 0.497 e. The minimum Gasteiger partial charge on any atom is -0.497 e. The molecule has 0 radical (unpaired) electrons. The molecule has 0 saturated carbocycles. The number of carbonyl (C=O) groups is 2. The van der Waals surface area contributed by atoms with E-state index in [1.165, 1.54) is 14.2 Å². The Morgan fingerprint density at radius 1 is 0.953 bits per heavy atom. The van der Waals surface area contributed by atoms with Gasteiger partial charge in [-0.15, -0.1) is 0 Å². The van der Waals surface area contributed by atoms with Crippen molar-refractivity contribution in [2.45, 2.75) is 32.7 Å². The number of Topliss-reactive ketones (excluding diaryl/α,β-unsaturated/α-hetero) is 1. The van der Waals surface area contributed by atoms with Crippen LogP contribution in [0.5, 0.6) is 28.7 Å². The second kappa shape index (κ2) is 11.0. The molecule has 3 aromatic carbocycles. The van der Waals surface area contributed by atoms with Gasteiger partial charge in [-0.2, -0.15) is 0 Å². The van der Waals surface area contributed by atoms with Crippen molar-refractivity contribution in [2.75, 3.05) is 21.3 Å². The Labute approximate surface area is 248 Å². The average molecular weight is 582 g/mol. The number of benzene rings is 3. The summed E-state index contributed by atoms with van der Waals surface area (Å²) < 4.78 is 30.0. The molecule has 0 saturated heterocycles. The van der Waals surface area contributed by atoms with Crippen molar-refractivity contribution in [3.05, 3.63) is 93.0 Å². The van der Waals surface area contributed by atoms with Crippen LogP contribution in [0, 0.1) is 5.92 Å². The molecule has 1 atom stereocenters. The maximum absolute atomic E-state index is 14.1. The number of esters is 1. The highest BCUT2D eigenvalue weighted by molar-refractivity contribution is 6.15. The SMILES string of the molecule is COc1ccc2c(c1)cc(C1CC(=O)Oc3ccc4c(c31)OC(=Cc1cccc(OC)c1OC)C4=O)c(=O)n2CC(C)C. The van der Waals surface area contributed by atoms with Crippen LogP contribution in [-0.2, 0) is 11.3 Å². The van der Waals surface area contributed by atoms with E-state index in [0.29, 0.717) is 46.0 Å². The molecule has 0 amide bonds. The van der Waals surface area contributed by atoms with E-state index in [2.05, 4.69) is 0 Å². The fourth-order valence-electron chi connectivity index (χ4n) is 5.85. The third kappa shape index (κ3) is 4.80. The summed E-state index contributed by atoms with van der Waals surface area (Å²) in [7, 11) is 4.64. The summed E-state index contributed by atoms with van der Waals surface area (Å²) in [6.45, 7) is 4.56. The van der Waals surface area contributed by atoms with Crippen LogP contribution in [0.3, 0.4) is 0 Å². The fourth-order valence-corrected chi connectivity index (χ4v) is 5.85. The van der Waals surface area contributed by atoms with E-state index in [-0.39, 0.29) is 40.9 Å². The maximum atomic E-state index is 14.1. The zero-order valence-electron chi connectivity index (χ0n) is 24.6. The van der Waals surface area contributed by atoms with Gasteiger partial charge in [0.2, 0.25) is 5.78 Å². The number of hydrogen-bond donors (Lipinski definition) is 0. The van der Waals surface area contributed by atoms with Crippen molar-refractivity contribution in [3.63, 3.8) is 0 Å². The van der Waals surface area contributed by atoms with E-state index in [1.54, 1.807) is 54.2 Å². The average Bonchev–Trinajstić information content (AvgIpc) is 3.31. The zero-order chi connectivity index (χ0) is 30.4. The number of allylic oxidation sites excluding steroid dienone is 1. The van der Waals surface area contributed by atoms with Crippen molar-refractivity contribution in [3.8, 4) is 28.7 Å². The predicted molar refractivity (Wildman–Crippen MR) is 161 cm³/mol. The first-order valence-corrected chi connectivity index (χ1v) is 14.0. The standard InChI is InChI=1S/C34H31NO8/c1-18(2)17-35-25-11-9-21(39-3)13-20(25)14-24(34(35)38)23-16-29(36)42-26-12-10-22-31(37)28(43-33(22)30(23)26)15-19-7-6-8-27(40-4)32(19)41-5/h6-15,18,23H,16-17H2,1-5H3. The molecule has 43 heavy (non-hydrogen) atoms. The molecule has 0 N–H and O–H groups in total. The smallest absolute Gasteiger partial charge is 0.312 e. The molecule has 0 bridgehead atoms. The molecule has 220 valence electrons. The number of methoxy groups -OCH3 is 3. The summed E-state index contributed by atoms with van der Waals surface area (Å²) >= 11 is 0. The highest BCUT2D eigenvalue weighted by Crippen LogP contribution is 2.49. The summed E-state index contributed by atoms with van der Waals surface area (Å²) in [6.07, 6.45) is 1.51. The number of fused-ring (bicyclic) bond motifs is 4. The van der Waals surface area contributed by atoms with Crippen molar-refractivity contribution >= 4 is 28.7 Å². The summed E-state index contributed by atoms with van der Waals surface area (Å²) in [5.41, 5.74) is 2.37. The molecule has 4 aromatic rings.